The van der Waals surface area contributed by atoms with Crippen molar-refractivity contribution in [1.29, 1.82) is 0 Å². The Bertz CT molecular complexity index is 937. The Hall–Kier alpha value is -2.19. The zero-order valence-corrected chi connectivity index (χ0v) is 24.5. The average Bonchev–Trinajstić information content (AvgIpc) is 3.37. The molecule has 0 aromatic rings. The molecule has 214 valence electrons. The Morgan fingerprint density at radius 1 is 1.21 bits per heavy atom. The summed E-state index contributed by atoms with van der Waals surface area (Å²) in [6, 6.07) is -1.52. The van der Waals surface area contributed by atoms with Crippen molar-refractivity contribution < 1.29 is 24.2 Å². The van der Waals surface area contributed by atoms with Crippen molar-refractivity contribution in [3.8, 4) is 0 Å². The van der Waals surface area contributed by atoms with Crippen LogP contribution in [0.25, 0.3) is 0 Å². The second kappa shape index (κ2) is 11.5. The molecule has 3 fully saturated rings. The van der Waals surface area contributed by atoms with Gasteiger partial charge in [-0.3, -0.25) is 14.4 Å². The maximum Gasteiger partial charge on any atom is 0.248 e. The molecule has 3 amide bonds. The summed E-state index contributed by atoms with van der Waals surface area (Å²) in [4.78, 5) is 47.9. The van der Waals surface area contributed by atoms with Crippen LogP contribution in [0.5, 0.6) is 0 Å². The van der Waals surface area contributed by atoms with E-state index in [0.29, 0.717) is 25.9 Å². The molecule has 0 saturated carbocycles. The third-order valence-electron chi connectivity index (χ3n) is 9.23. The molecule has 3 saturated heterocycles. The van der Waals surface area contributed by atoms with Gasteiger partial charge >= 0.3 is 0 Å². The van der Waals surface area contributed by atoms with Gasteiger partial charge in [0.15, 0.2) is 0 Å². The van der Waals surface area contributed by atoms with Gasteiger partial charge in [0.05, 0.1) is 30.1 Å². The molecule has 0 aromatic carbocycles. The van der Waals surface area contributed by atoms with E-state index in [9.17, 15) is 19.5 Å². The van der Waals surface area contributed by atoms with Crippen molar-refractivity contribution >= 4 is 17.7 Å². The first kappa shape index (κ1) is 30.4. The number of aliphatic hydroxyl groups is 1. The molecule has 8 nitrogen and oxygen atoms in total. The molecule has 0 aliphatic carbocycles. The number of hydrogen-bond donors (Lipinski definition) is 1. The highest BCUT2D eigenvalue weighted by Crippen LogP contribution is 2.66. The zero-order valence-electron chi connectivity index (χ0n) is 24.5. The lowest BCUT2D eigenvalue weighted by Crippen LogP contribution is -2.60. The van der Waals surface area contributed by atoms with Crippen LogP contribution in [-0.2, 0) is 19.1 Å². The number of nitrogens with zero attached hydrogens (tertiary/aromatic N) is 3. The number of likely N-dealkylation sites (tertiary alicyclic amines) is 1. The average molecular weight is 532 g/mol. The fraction of sp³-hybridized carbons (Fsp3) is 0.767. The van der Waals surface area contributed by atoms with E-state index in [2.05, 4.69) is 20.1 Å². The quantitative estimate of drug-likeness (QED) is 0.369. The summed E-state index contributed by atoms with van der Waals surface area (Å²) >= 11 is 0. The Labute approximate surface area is 229 Å². The Balaban J connectivity index is 2.20. The van der Waals surface area contributed by atoms with Gasteiger partial charge in [-0.2, -0.15) is 0 Å². The number of ether oxygens (including phenoxy) is 1. The van der Waals surface area contributed by atoms with Gasteiger partial charge in [-0.25, -0.2) is 0 Å². The monoisotopic (exact) mass is 531 g/mol. The molecule has 0 aromatic heterocycles. The van der Waals surface area contributed by atoms with Gasteiger partial charge in [-0.15, -0.1) is 13.2 Å². The normalized spacial score (nSPS) is 33.3. The molecule has 38 heavy (non-hydrogen) atoms. The van der Waals surface area contributed by atoms with Crippen LogP contribution < -0.4 is 0 Å². The van der Waals surface area contributed by atoms with Gasteiger partial charge in [0.25, 0.3) is 0 Å². The Morgan fingerprint density at radius 3 is 2.37 bits per heavy atom. The van der Waals surface area contributed by atoms with Crippen LogP contribution in [0.3, 0.4) is 0 Å². The first-order valence-corrected chi connectivity index (χ1v) is 14.3. The largest absolute Gasteiger partial charge is 0.394 e. The highest BCUT2D eigenvalue weighted by atomic mass is 16.5. The molecule has 2 bridgehead atoms. The molecule has 4 unspecified atom stereocenters. The lowest BCUT2D eigenvalue weighted by atomic mass is 9.62. The molecule has 3 heterocycles. The van der Waals surface area contributed by atoms with Crippen molar-refractivity contribution in [3.63, 3.8) is 0 Å². The molecule has 3 aliphatic heterocycles. The topological polar surface area (TPSA) is 90.4 Å². The lowest BCUT2D eigenvalue weighted by Gasteiger charge is -2.41. The minimum absolute atomic E-state index is 0.0357. The minimum Gasteiger partial charge on any atom is -0.394 e. The number of amides is 3. The summed E-state index contributed by atoms with van der Waals surface area (Å²) in [5.41, 5.74) is -2.00. The van der Waals surface area contributed by atoms with Crippen molar-refractivity contribution in [1.82, 2.24) is 14.7 Å². The van der Waals surface area contributed by atoms with Gasteiger partial charge in [0.2, 0.25) is 17.7 Å². The fourth-order valence-corrected chi connectivity index (χ4v) is 7.42. The number of likely N-dealkylation sites (N-methyl/N-ethyl adjacent to an activating group) is 1. The van der Waals surface area contributed by atoms with Gasteiger partial charge in [0, 0.05) is 26.2 Å². The van der Waals surface area contributed by atoms with E-state index in [1.165, 1.54) is 0 Å². The highest BCUT2D eigenvalue weighted by molar-refractivity contribution is 5.99. The van der Waals surface area contributed by atoms with Crippen LogP contribution >= 0.6 is 0 Å². The number of carbonyl (C=O) groups excluding carboxylic acids is 3. The SMILES string of the molecule is C=CCN(C)C(=O)[C@@H]1[C@H]2C(=O)N([C@@H](CO)CC(C)C)C(C(=O)N(CC=C)C(C)CCC)C23CC(C)[C@@]1(C)O3. The molecular formula is C30H49N3O5. The second-order valence-electron chi connectivity index (χ2n) is 12.3. The summed E-state index contributed by atoms with van der Waals surface area (Å²) in [6.45, 7) is 20.2. The summed E-state index contributed by atoms with van der Waals surface area (Å²) in [6.07, 6.45) is 6.15. The van der Waals surface area contributed by atoms with E-state index < -0.39 is 35.1 Å². The van der Waals surface area contributed by atoms with Crippen molar-refractivity contribution in [2.75, 3.05) is 26.7 Å². The zero-order chi connectivity index (χ0) is 28.6. The number of carbonyl (C=O) groups is 3. The van der Waals surface area contributed by atoms with Gasteiger partial charge in [-0.1, -0.05) is 46.3 Å². The molecular weight excluding hydrogens is 482 g/mol. The summed E-state index contributed by atoms with van der Waals surface area (Å²) in [5.74, 6) is -1.96. The number of hydrogen-bond acceptors (Lipinski definition) is 5. The third-order valence-corrected chi connectivity index (χ3v) is 9.23. The van der Waals surface area contributed by atoms with E-state index in [4.69, 9.17) is 4.74 Å². The van der Waals surface area contributed by atoms with Gasteiger partial charge in [0.1, 0.15) is 11.6 Å². The maximum absolute atomic E-state index is 14.6. The molecule has 3 aliphatic rings. The van der Waals surface area contributed by atoms with E-state index >= 15 is 0 Å². The summed E-state index contributed by atoms with van der Waals surface area (Å²) in [5, 5.41) is 10.5. The summed E-state index contributed by atoms with van der Waals surface area (Å²) < 4.78 is 6.86. The van der Waals surface area contributed by atoms with Gasteiger partial charge in [-0.05, 0) is 44.9 Å². The predicted octanol–water partition coefficient (Wildman–Crippen LogP) is 3.25. The van der Waals surface area contributed by atoms with E-state index in [1.54, 1.807) is 33.9 Å². The fourth-order valence-electron chi connectivity index (χ4n) is 7.42. The van der Waals surface area contributed by atoms with Crippen LogP contribution in [0, 0.1) is 23.7 Å². The lowest BCUT2D eigenvalue weighted by molar-refractivity contribution is -0.158. The van der Waals surface area contributed by atoms with Crippen molar-refractivity contribution in [2.24, 2.45) is 23.7 Å². The second-order valence-corrected chi connectivity index (χ2v) is 12.3. The molecule has 0 radical (unpaired) electrons. The third kappa shape index (κ3) is 4.72. The highest BCUT2D eigenvalue weighted by Gasteiger charge is 2.80. The summed E-state index contributed by atoms with van der Waals surface area (Å²) in [7, 11) is 1.71. The predicted molar refractivity (Wildman–Crippen MR) is 148 cm³/mol. The molecule has 1 N–H and O–H groups in total. The van der Waals surface area contributed by atoms with Crippen molar-refractivity contribution in [3.05, 3.63) is 25.3 Å². The smallest absolute Gasteiger partial charge is 0.248 e. The standard InChI is InChI=1S/C30H49N3O5/c1-10-13-21(7)32(15-12-3)28(37)25-30-17-20(6)29(8,38-30)23(26(35)31(9)14-11-2)24(30)27(36)33(25)22(18-34)16-19(4)5/h11-12,19-25,34H,2-3,10,13-18H2,1,4-9H3/t20?,21?,22-,23+,24+,25?,29-,30?/m1/s1. The van der Waals surface area contributed by atoms with Crippen LogP contribution in [0.15, 0.2) is 25.3 Å². The molecule has 8 atom stereocenters. The number of fused-ring (bicyclic) bond motifs is 1. The molecule has 1 spiro atoms. The first-order valence-electron chi connectivity index (χ1n) is 14.3. The van der Waals surface area contributed by atoms with E-state index in [0.717, 1.165) is 12.8 Å². The molecule has 3 rings (SSSR count). The maximum atomic E-state index is 14.6. The Kier molecular flexibility index (Phi) is 9.19. The van der Waals surface area contributed by atoms with Crippen molar-refractivity contribution in [2.45, 2.75) is 96.6 Å². The van der Waals surface area contributed by atoms with Crippen LogP contribution in [0.4, 0.5) is 0 Å². The van der Waals surface area contributed by atoms with Crippen LogP contribution in [0.2, 0.25) is 0 Å². The first-order chi connectivity index (χ1) is 17.9. The van der Waals surface area contributed by atoms with Gasteiger partial charge < -0.3 is 24.5 Å². The van der Waals surface area contributed by atoms with Crippen LogP contribution in [-0.4, -0.2) is 93.6 Å². The van der Waals surface area contributed by atoms with E-state index in [-0.39, 0.29) is 42.2 Å². The Morgan fingerprint density at radius 2 is 1.84 bits per heavy atom. The van der Waals surface area contributed by atoms with E-state index in [1.807, 2.05) is 34.6 Å². The number of rotatable bonds is 13. The number of aliphatic hydroxyl groups excluding tert-OH is 1. The molecule has 8 heteroatoms. The minimum atomic E-state index is -1.13. The van der Waals surface area contributed by atoms with Crippen LogP contribution in [0.1, 0.15) is 67.2 Å².